The number of aryl methyl sites for hydroxylation is 1. The highest BCUT2D eigenvalue weighted by Gasteiger charge is 2.24. The van der Waals surface area contributed by atoms with Crippen molar-refractivity contribution >= 4 is 34.9 Å². The summed E-state index contributed by atoms with van der Waals surface area (Å²) in [6.07, 6.45) is 3.20. The summed E-state index contributed by atoms with van der Waals surface area (Å²) in [7, 11) is -1.40. The van der Waals surface area contributed by atoms with Crippen LogP contribution in [0.15, 0.2) is 46.3 Å². The fourth-order valence-corrected chi connectivity index (χ4v) is 3.03. The second-order valence-electron chi connectivity index (χ2n) is 5.20. The molecular weight excluding hydrogens is 251 g/mol. The molecule has 0 radical (unpaired) electrons. The smallest absolute Gasteiger partial charge is 0.456 e. The third kappa shape index (κ3) is 1.62. The van der Waals surface area contributed by atoms with Crippen LogP contribution in [0, 0.1) is 0 Å². The molecule has 0 aliphatic heterocycles. The van der Waals surface area contributed by atoms with Crippen molar-refractivity contribution in [2.24, 2.45) is 0 Å². The molecule has 0 amide bonds. The first-order valence-corrected chi connectivity index (χ1v) is 6.74. The molecule has 1 aliphatic carbocycles. The second kappa shape index (κ2) is 4.23. The van der Waals surface area contributed by atoms with Crippen molar-refractivity contribution in [2.75, 3.05) is 0 Å². The van der Waals surface area contributed by atoms with E-state index in [1.165, 1.54) is 16.3 Å². The summed E-state index contributed by atoms with van der Waals surface area (Å²) in [5.74, 6) is 0.755. The Morgan fingerprint density at radius 3 is 2.70 bits per heavy atom. The van der Waals surface area contributed by atoms with Gasteiger partial charge in [0.15, 0.2) is 0 Å². The zero-order valence-electron chi connectivity index (χ0n) is 10.8. The monoisotopic (exact) mass is 264 g/mol. The summed E-state index contributed by atoms with van der Waals surface area (Å²) < 4.78 is 5.88. The number of allylic oxidation sites excluding steroid dienone is 1. The quantitative estimate of drug-likeness (QED) is 0.664. The van der Waals surface area contributed by atoms with E-state index in [1.54, 1.807) is 6.08 Å². The standard InChI is InChI=1S/C16H13BO3/c18-17(19)11-6-7-13-15(9-11)20-14-8-5-10-3-1-2-4-12(10)16(13)14/h1-5,8-9,18-19H,6-7H2. The second-order valence-corrected chi connectivity index (χ2v) is 5.20. The molecule has 0 saturated heterocycles. The molecule has 3 nitrogen and oxygen atoms in total. The van der Waals surface area contributed by atoms with Gasteiger partial charge in [0.25, 0.3) is 0 Å². The molecule has 1 aromatic heterocycles. The molecule has 1 heterocycles. The highest BCUT2D eigenvalue weighted by molar-refractivity contribution is 6.52. The SMILES string of the molecule is OB(O)C1=Cc2oc3ccc4ccccc4c3c2CC1. The van der Waals surface area contributed by atoms with Crippen LogP contribution in [0.25, 0.3) is 27.8 Å². The van der Waals surface area contributed by atoms with E-state index in [2.05, 4.69) is 18.2 Å². The normalized spacial score (nSPS) is 14.4. The highest BCUT2D eigenvalue weighted by atomic mass is 16.4. The van der Waals surface area contributed by atoms with Crippen molar-refractivity contribution in [3.63, 3.8) is 0 Å². The first kappa shape index (κ1) is 11.8. The highest BCUT2D eigenvalue weighted by Crippen LogP contribution is 2.37. The summed E-state index contributed by atoms with van der Waals surface area (Å²) in [6, 6.07) is 12.3. The van der Waals surface area contributed by atoms with E-state index in [4.69, 9.17) is 4.42 Å². The van der Waals surface area contributed by atoms with Gasteiger partial charge in [-0.3, -0.25) is 0 Å². The van der Waals surface area contributed by atoms with Gasteiger partial charge in [0, 0.05) is 10.9 Å². The van der Waals surface area contributed by atoms with Crippen LogP contribution in [0.3, 0.4) is 0 Å². The Balaban J connectivity index is 2.05. The number of furan rings is 1. The molecule has 0 bridgehead atoms. The van der Waals surface area contributed by atoms with Gasteiger partial charge >= 0.3 is 7.12 Å². The van der Waals surface area contributed by atoms with E-state index in [-0.39, 0.29) is 0 Å². The van der Waals surface area contributed by atoms with Crippen LogP contribution in [-0.2, 0) is 6.42 Å². The predicted octanol–water partition coefficient (Wildman–Crippen LogP) is 2.93. The molecule has 0 fully saturated rings. The van der Waals surface area contributed by atoms with Crippen LogP contribution in [0.1, 0.15) is 17.7 Å². The van der Waals surface area contributed by atoms with E-state index < -0.39 is 7.12 Å². The zero-order chi connectivity index (χ0) is 13.7. The van der Waals surface area contributed by atoms with Gasteiger partial charge < -0.3 is 14.5 Å². The van der Waals surface area contributed by atoms with Crippen LogP contribution in [0.5, 0.6) is 0 Å². The minimum atomic E-state index is -1.40. The van der Waals surface area contributed by atoms with Gasteiger partial charge in [0.1, 0.15) is 11.3 Å². The van der Waals surface area contributed by atoms with Crippen molar-refractivity contribution in [2.45, 2.75) is 12.8 Å². The Morgan fingerprint density at radius 1 is 1.00 bits per heavy atom. The lowest BCUT2D eigenvalue weighted by Gasteiger charge is -2.11. The molecule has 2 aromatic carbocycles. The minimum absolute atomic E-state index is 0.612. The summed E-state index contributed by atoms with van der Waals surface area (Å²) in [4.78, 5) is 0. The lowest BCUT2D eigenvalue weighted by atomic mass is 9.73. The maximum Gasteiger partial charge on any atom is 0.484 e. The Hall–Kier alpha value is -2.04. The van der Waals surface area contributed by atoms with Crippen LogP contribution in [0.4, 0.5) is 0 Å². The Kier molecular flexibility index (Phi) is 2.49. The minimum Gasteiger partial charge on any atom is -0.456 e. The van der Waals surface area contributed by atoms with Gasteiger partial charge in [-0.15, -0.1) is 0 Å². The lowest BCUT2D eigenvalue weighted by Crippen LogP contribution is -2.17. The van der Waals surface area contributed by atoms with Crippen molar-refractivity contribution in [3.05, 3.63) is 53.2 Å². The lowest BCUT2D eigenvalue weighted by molar-refractivity contribution is 0.416. The van der Waals surface area contributed by atoms with Crippen LogP contribution in [-0.4, -0.2) is 17.2 Å². The third-order valence-corrected chi connectivity index (χ3v) is 4.02. The van der Waals surface area contributed by atoms with E-state index in [9.17, 15) is 10.0 Å². The molecule has 4 heteroatoms. The molecule has 2 N–H and O–H groups in total. The zero-order valence-corrected chi connectivity index (χ0v) is 10.8. The van der Waals surface area contributed by atoms with Gasteiger partial charge in [0.2, 0.25) is 0 Å². The molecule has 3 aromatic rings. The van der Waals surface area contributed by atoms with Crippen LogP contribution in [0.2, 0.25) is 0 Å². The third-order valence-electron chi connectivity index (χ3n) is 4.02. The summed E-state index contributed by atoms with van der Waals surface area (Å²) >= 11 is 0. The average molecular weight is 264 g/mol. The molecular formula is C16H13BO3. The van der Waals surface area contributed by atoms with Gasteiger partial charge in [-0.2, -0.15) is 0 Å². The molecule has 1 aliphatic rings. The number of hydrogen-bond donors (Lipinski definition) is 2. The molecule has 0 spiro atoms. The first-order valence-electron chi connectivity index (χ1n) is 6.74. The van der Waals surface area contributed by atoms with E-state index >= 15 is 0 Å². The van der Waals surface area contributed by atoms with Crippen LogP contribution < -0.4 is 0 Å². The Bertz CT molecular complexity index is 845. The topological polar surface area (TPSA) is 53.6 Å². The average Bonchev–Trinajstić information content (AvgIpc) is 2.85. The number of rotatable bonds is 1. The summed E-state index contributed by atoms with van der Waals surface area (Å²) in [5.41, 5.74) is 2.64. The number of fused-ring (bicyclic) bond motifs is 5. The van der Waals surface area contributed by atoms with Crippen molar-refractivity contribution in [3.8, 4) is 0 Å². The molecule has 0 atom stereocenters. The van der Waals surface area contributed by atoms with Gasteiger partial charge in [-0.1, -0.05) is 30.3 Å². The fourth-order valence-electron chi connectivity index (χ4n) is 3.03. The van der Waals surface area contributed by atoms with E-state index in [0.29, 0.717) is 11.9 Å². The maximum absolute atomic E-state index is 9.29. The summed E-state index contributed by atoms with van der Waals surface area (Å²) in [5, 5.41) is 22.1. The molecule has 4 rings (SSSR count). The largest absolute Gasteiger partial charge is 0.484 e. The fraction of sp³-hybridized carbons (Fsp3) is 0.125. The van der Waals surface area contributed by atoms with Crippen molar-refractivity contribution < 1.29 is 14.5 Å². The maximum atomic E-state index is 9.29. The number of hydrogen-bond acceptors (Lipinski definition) is 3. The molecule has 0 saturated carbocycles. The van der Waals surface area contributed by atoms with Crippen molar-refractivity contribution in [1.82, 2.24) is 0 Å². The Morgan fingerprint density at radius 2 is 1.85 bits per heavy atom. The number of benzene rings is 2. The van der Waals surface area contributed by atoms with Crippen molar-refractivity contribution in [1.29, 1.82) is 0 Å². The molecule has 98 valence electrons. The first-order chi connectivity index (χ1) is 9.74. The van der Waals surface area contributed by atoms with E-state index in [1.807, 2.05) is 18.2 Å². The predicted molar refractivity (Wildman–Crippen MR) is 80.2 cm³/mol. The van der Waals surface area contributed by atoms with Crippen LogP contribution >= 0.6 is 0 Å². The summed E-state index contributed by atoms with van der Waals surface area (Å²) in [6.45, 7) is 0. The van der Waals surface area contributed by atoms with Gasteiger partial charge in [-0.25, -0.2) is 0 Å². The van der Waals surface area contributed by atoms with Gasteiger partial charge in [0.05, 0.1) is 0 Å². The molecule has 20 heavy (non-hydrogen) atoms. The van der Waals surface area contributed by atoms with Gasteiger partial charge in [-0.05, 0) is 41.2 Å². The van der Waals surface area contributed by atoms with E-state index in [0.717, 1.165) is 23.2 Å². The Labute approximate surface area is 116 Å². The molecule has 0 unspecified atom stereocenters.